The predicted molar refractivity (Wildman–Crippen MR) is 126 cm³/mol. The van der Waals surface area contributed by atoms with Crippen LogP contribution in [0.15, 0.2) is 60.8 Å². The van der Waals surface area contributed by atoms with Crippen LogP contribution >= 0.6 is 0 Å². The normalized spacial score (nSPS) is 18.9. The lowest BCUT2D eigenvalue weighted by molar-refractivity contribution is 0.391. The Morgan fingerprint density at radius 3 is 2.32 bits per heavy atom. The molecule has 0 spiro atoms. The van der Waals surface area contributed by atoms with Crippen molar-refractivity contribution in [2.45, 2.75) is 44.6 Å². The van der Waals surface area contributed by atoms with E-state index in [1.807, 2.05) is 23.7 Å². The number of benzene rings is 2. The minimum atomic E-state index is 0.320. The molecule has 4 aromatic rings. The summed E-state index contributed by atoms with van der Waals surface area (Å²) in [5.74, 6) is 0.937. The van der Waals surface area contributed by atoms with Crippen molar-refractivity contribution >= 4 is 22.8 Å². The number of aromatic nitrogens is 3. The highest BCUT2D eigenvalue weighted by molar-refractivity contribution is 5.80. The Labute approximate surface area is 182 Å². The number of imidazole rings is 1. The number of anilines is 3. The van der Waals surface area contributed by atoms with Gasteiger partial charge in [0, 0.05) is 23.2 Å². The molecular weight excluding hydrogens is 384 g/mol. The number of hydrogen-bond acceptors (Lipinski definition) is 5. The minimum Gasteiger partial charge on any atom is -0.382 e. The molecule has 1 aliphatic carbocycles. The Morgan fingerprint density at radius 1 is 0.935 bits per heavy atom. The molecule has 0 atom stereocenters. The monoisotopic (exact) mass is 412 g/mol. The van der Waals surface area contributed by atoms with E-state index in [-0.39, 0.29) is 0 Å². The number of rotatable bonds is 4. The number of nitrogens with two attached hydrogens (primary N) is 2. The third-order valence-electron chi connectivity index (χ3n) is 6.36. The van der Waals surface area contributed by atoms with Crippen LogP contribution in [0.1, 0.15) is 42.9 Å². The van der Waals surface area contributed by atoms with Gasteiger partial charge < -0.3 is 16.8 Å². The van der Waals surface area contributed by atoms with Crippen molar-refractivity contribution in [3.05, 3.63) is 72.1 Å². The summed E-state index contributed by atoms with van der Waals surface area (Å²) in [5.41, 5.74) is 19.4. The van der Waals surface area contributed by atoms with Crippen molar-refractivity contribution in [1.29, 1.82) is 0 Å². The topological polar surface area (TPSA) is 94.3 Å². The molecule has 0 saturated heterocycles. The first-order valence-corrected chi connectivity index (χ1v) is 10.9. The Morgan fingerprint density at radius 2 is 1.61 bits per heavy atom. The van der Waals surface area contributed by atoms with Crippen LogP contribution in [0.5, 0.6) is 0 Å². The fourth-order valence-corrected chi connectivity index (χ4v) is 4.40. The fraction of sp³-hybridized carbons (Fsp3) is 0.280. The van der Waals surface area contributed by atoms with Gasteiger partial charge in [0.25, 0.3) is 0 Å². The van der Waals surface area contributed by atoms with E-state index >= 15 is 0 Å². The second-order valence-electron chi connectivity index (χ2n) is 8.50. The smallest absolute Gasteiger partial charge is 0.177 e. The van der Waals surface area contributed by atoms with E-state index < -0.39 is 0 Å². The summed E-state index contributed by atoms with van der Waals surface area (Å²) in [4.78, 5) is 4.97. The van der Waals surface area contributed by atoms with Crippen molar-refractivity contribution in [2.24, 2.45) is 5.73 Å². The average Bonchev–Trinajstić information content (AvgIpc) is 3.22. The van der Waals surface area contributed by atoms with Gasteiger partial charge in [0.05, 0.1) is 17.6 Å². The van der Waals surface area contributed by atoms with Gasteiger partial charge in [0.15, 0.2) is 5.65 Å². The summed E-state index contributed by atoms with van der Waals surface area (Å²) in [6.45, 7) is 1.98. The SMILES string of the molecule is Cc1c(N)nn2cc([C@H]3CC[C@H](N)CC3)nc2c1Nc1ccc(-c2ccccc2)cc1. The molecule has 31 heavy (non-hydrogen) atoms. The van der Waals surface area contributed by atoms with Crippen LogP contribution in [0, 0.1) is 6.92 Å². The molecule has 1 saturated carbocycles. The molecule has 2 aromatic heterocycles. The summed E-state index contributed by atoms with van der Waals surface area (Å²) in [7, 11) is 0. The van der Waals surface area contributed by atoms with Crippen molar-refractivity contribution in [3.8, 4) is 11.1 Å². The molecular formula is C25H28N6. The van der Waals surface area contributed by atoms with Gasteiger partial charge in [0.1, 0.15) is 5.82 Å². The molecule has 158 valence electrons. The minimum absolute atomic E-state index is 0.320. The molecule has 5 rings (SSSR count). The van der Waals surface area contributed by atoms with Crippen LogP contribution in [-0.4, -0.2) is 20.6 Å². The Bertz CT molecular complexity index is 1190. The highest BCUT2D eigenvalue weighted by atomic mass is 15.3. The largest absolute Gasteiger partial charge is 0.382 e. The van der Waals surface area contributed by atoms with Gasteiger partial charge in [-0.15, -0.1) is 5.10 Å². The van der Waals surface area contributed by atoms with E-state index in [4.69, 9.17) is 16.5 Å². The summed E-state index contributed by atoms with van der Waals surface area (Å²) >= 11 is 0. The molecule has 0 bridgehead atoms. The summed E-state index contributed by atoms with van der Waals surface area (Å²) in [6.07, 6.45) is 6.26. The molecule has 6 nitrogen and oxygen atoms in total. The molecule has 0 unspecified atom stereocenters. The quantitative estimate of drug-likeness (QED) is 0.438. The average molecular weight is 413 g/mol. The fourth-order valence-electron chi connectivity index (χ4n) is 4.40. The van der Waals surface area contributed by atoms with Crippen LogP contribution in [0.2, 0.25) is 0 Å². The molecule has 1 fully saturated rings. The first-order valence-electron chi connectivity index (χ1n) is 10.9. The lowest BCUT2D eigenvalue weighted by Gasteiger charge is -2.24. The number of fused-ring (bicyclic) bond motifs is 1. The maximum Gasteiger partial charge on any atom is 0.177 e. The molecule has 2 aromatic carbocycles. The van der Waals surface area contributed by atoms with Crippen molar-refractivity contribution < 1.29 is 0 Å². The number of hydrogen-bond donors (Lipinski definition) is 3. The van der Waals surface area contributed by atoms with E-state index in [2.05, 4.69) is 58.9 Å². The molecule has 0 aliphatic heterocycles. The van der Waals surface area contributed by atoms with Crippen LogP contribution in [0.3, 0.4) is 0 Å². The zero-order chi connectivity index (χ0) is 21.4. The maximum atomic E-state index is 6.23. The third-order valence-corrected chi connectivity index (χ3v) is 6.36. The van der Waals surface area contributed by atoms with Gasteiger partial charge in [-0.25, -0.2) is 9.50 Å². The maximum absolute atomic E-state index is 6.23. The van der Waals surface area contributed by atoms with E-state index in [1.54, 1.807) is 0 Å². The van der Waals surface area contributed by atoms with Gasteiger partial charge in [-0.05, 0) is 55.9 Å². The lowest BCUT2D eigenvalue weighted by atomic mass is 9.85. The number of nitrogen functional groups attached to an aromatic ring is 1. The Kier molecular flexibility index (Phi) is 5.08. The zero-order valence-electron chi connectivity index (χ0n) is 17.8. The van der Waals surface area contributed by atoms with Gasteiger partial charge in [-0.1, -0.05) is 42.5 Å². The van der Waals surface area contributed by atoms with Crippen LogP contribution in [-0.2, 0) is 0 Å². The molecule has 5 N–H and O–H groups in total. The van der Waals surface area contributed by atoms with Gasteiger partial charge >= 0.3 is 0 Å². The second-order valence-corrected chi connectivity index (χ2v) is 8.50. The van der Waals surface area contributed by atoms with E-state index in [9.17, 15) is 0 Å². The first kappa shape index (κ1) is 19.6. The standard InChI is InChI=1S/C25H28N6/c1-16-23(28-21-13-9-18(10-14-21)17-5-3-2-4-6-17)25-29-22(15-31(25)30-24(16)27)19-7-11-20(26)12-8-19/h2-6,9-10,13-15,19-20,28H,7-8,11-12,26H2,1H3,(H2,27,30)/t19-,20-. The summed E-state index contributed by atoms with van der Waals surface area (Å²) in [6, 6.07) is 19.1. The van der Waals surface area contributed by atoms with Crippen molar-refractivity contribution in [3.63, 3.8) is 0 Å². The molecule has 0 amide bonds. The van der Waals surface area contributed by atoms with E-state index in [0.29, 0.717) is 17.8 Å². The van der Waals surface area contributed by atoms with Crippen LogP contribution in [0.25, 0.3) is 16.8 Å². The summed E-state index contributed by atoms with van der Waals surface area (Å²) < 4.78 is 1.81. The molecule has 0 radical (unpaired) electrons. The highest BCUT2D eigenvalue weighted by Crippen LogP contribution is 2.34. The van der Waals surface area contributed by atoms with Crippen LogP contribution < -0.4 is 16.8 Å². The van der Waals surface area contributed by atoms with Gasteiger partial charge in [-0.2, -0.15) is 0 Å². The third kappa shape index (κ3) is 3.86. The lowest BCUT2D eigenvalue weighted by Crippen LogP contribution is -2.25. The van der Waals surface area contributed by atoms with Gasteiger partial charge in [-0.3, -0.25) is 0 Å². The predicted octanol–water partition coefficient (Wildman–Crippen LogP) is 5.02. The second kappa shape index (κ2) is 8.04. The Balaban J connectivity index is 1.46. The molecule has 6 heteroatoms. The Hall–Kier alpha value is -3.38. The number of nitrogens with one attached hydrogen (secondary N) is 1. The van der Waals surface area contributed by atoms with Gasteiger partial charge in [0.2, 0.25) is 0 Å². The first-order chi connectivity index (χ1) is 15.1. The molecule has 1 aliphatic rings. The summed E-state index contributed by atoms with van der Waals surface area (Å²) in [5, 5.41) is 8.06. The van der Waals surface area contributed by atoms with Crippen molar-refractivity contribution in [1.82, 2.24) is 14.6 Å². The van der Waals surface area contributed by atoms with Crippen LogP contribution in [0.4, 0.5) is 17.2 Å². The van der Waals surface area contributed by atoms with E-state index in [1.165, 1.54) is 11.1 Å². The zero-order valence-corrected chi connectivity index (χ0v) is 17.8. The van der Waals surface area contributed by atoms with Crippen molar-refractivity contribution in [2.75, 3.05) is 11.1 Å². The molecule has 2 heterocycles. The number of nitrogens with zero attached hydrogens (tertiary/aromatic N) is 3. The van der Waals surface area contributed by atoms with E-state index in [0.717, 1.165) is 54.0 Å². The highest BCUT2D eigenvalue weighted by Gasteiger charge is 2.23.